The zero-order valence-corrected chi connectivity index (χ0v) is 29.8. The molecule has 0 amide bonds. The molecule has 4 nitrogen and oxygen atoms in total. The van der Waals surface area contributed by atoms with Gasteiger partial charge in [-0.1, -0.05) is 164 Å². The molecule has 0 bridgehead atoms. The van der Waals surface area contributed by atoms with Gasteiger partial charge in [-0.3, -0.25) is 0 Å². The van der Waals surface area contributed by atoms with Crippen molar-refractivity contribution in [2.24, 2.45) is 0 Å². The molecule has 0 spiro atoms. The Kier molecular flexibility index (Phi) is 8.12. The Morgan fingerprint density at radius 2 is 0.691 bits per heavy atom. The summed E-state index contributed by atoms with van der Waals surface area (Å²) < 4.78 is 6.51. The van der Waals surface area contributed by atoms with E-state index < -0.39 is 0 Å². The van der Waals surface area contributed by atoms with Crippen molar-refractivity contribution in [2.45, 2.75) is 0 Å². The van der Waals surface area contributed by atoms with Gasteiger partial charge in [0, 0.05) is 27.5 Å². The first-order chi connectivity index (χ1) is 27.2. The summed E-state index contributed by atoms with van der Waals surface area (Å²) >= 11 is 0. The van der Waals surface area contributed by atoms with E-state index in [1.54, 1.807) is 0 Å². The summed E-state index contributed by atoms with van der Waals surface area (Å²) in [5, 5.41) is 1.97. The fraction of sp³-hybridized carbons (Fsp3) is 0. The number of furan rings is 1. The largest absolute Gasteiger partial charge is 0.456 e. The summed E-state index contributed by atoms with van der Waals surface area (Å²) in [7, 11) is 0. The molecule has 0 aliphatic carbocycles. The van der Waals surface area contributed by atoms with Crippen LogP contribution in [0.5, 0.6) is 0 Å². The molecule has 4 heteroatoms. The summed E-state index contributed by atoms with van der Waals surface area (Å²) in [6, 6.07) is 69.4. The average Bonchev–Trinajstić information content (AvgIpc) is 3.66. The van der Waals surface area contributed by atoms with E-state index in [4.69, 9.17) is 19.4 Å². The van der Waals surface area contributed by atoms with Crippen molar-refractivity contribution in [3.05, 3.63) is 200 Å². The van der Waals surface area contributed by atoms with Gasteiger partial charge in [-0.15, -0.1) is 0 Å². The average molecular weight is 704 g/mol. The first-order valence-corrected chi connectivity index (χ1v) is 18.4. The summed E-state index contributed by atoms with van der Waals surface area (Å²) in [4.78, 5) is 15.3. The number of hydrogen-bond donors (Lipinski definition) is 0. The van der Waals surface area contributed by atoms with Crippen LogP contribution in [0.2, 0.25) is 0 Å². The highest BCUT2D eigenvalue weighted by molar-refractivity contribution is 6.13. The van der Waals surface area contributed by atoms with Gasteiger partial charge in [-0.05, 0) is 80.9 Å². The van der Waals surface area contributed by atoms with Gasteiger partial charge in [0.2, 0.25) is 0 Å². The Bertz CT molecular complexity index is 2880. The van der Waals surface area contributed by atoms with Crippen molar-refractivity contribution >= 4 is 21.9 Å². The van der Waals surface area contributed by atoms with Gasteiger partial charge in [0.05, 0.1) is 0 Å². The van der Waals surface area contributed by atoms with Gasteiger partial charge in [-0.2, -0.15) is 0 Å². The molecule has 0 radical (unpaired) electrons. The molecule has 8 aromatic carbocycles. The van der Waals surface area contributed by atoms with Gasteiger partial charge in [-0.25, -0.2) is 15.0 Å². The van der Waals surface area contributed by atoms with Gasteiger partial charge in [0.15, 0.2) is 17.5 Å². The number of fused-ring (bicyclic) bond motifs is 3. The zero-order valence-electron chi connectivity index (χ0n) is 29.8. The zero-order chi connectivity index (χ0) is 36.6. The smallest absolute Gasteiger partial charge is 0.164 e. The molecule has 0 aliphatic heterocycles. The molecular weight excluding hydrogens is 671 g/mol. The molecule has 2 heterocycles. The third-order valence-corrected chi connectivity index (χ3v) is 10.1. The van der Waals surface area contributed by atoms with Crippen LogP contribution in [0.25, 0.3) is 101 Å². The lowest BCUT2D eigenvalue weighted by molar-refractivity contribution is 0.669. The highest BCUT2D eigenvalue weighted by Gasteiger charge is 2.19. The van der Waals surface area contributed by atoms with Crippen LogP contribution < -0.4 is 0 Å². The predicted molar refractivity (Wildman–Crippen MR) is 225 cm³/mol. The number of aromatic nitrogens is 3. The van der Waals surface area contributed by atoms with Gasteiger partial charge >= 0.3 is 0 Å². The van der Waals surface area contributed by atoms with Gasteiger partial charge < -0.3 is 4.42 Å². The first-order valence-electron chi connectivity index (χ1n) is 18.4. The van der Waals surface area contributed by atoms with Crippen LogP contribution in [-0.2, 0) is 0 Å². The SMILES string of the molecule is c1ccc(-c2ccc(-c3nc(-c4ccccc4)nc(-c4cccc5oc6ccc(-c7cc(-c8ccccc8)cc(-c8ccccc8)c7)cc6c45)n3)cc2)cc1. The summed E-state index contributed by atoms with van der Waals surface area (Å²) in [5.74, 6) is 1.82. The fourth-order valence-electron chi connectivity index (χ4n) is 7.37. The van der Waals surface area contributed by atoms with Gasteiger partial charge in [0.1, 0.15) is 11.2 Å². The van der Waals surface area contributed by atoms with Crippen molar-refractivity contribution in [1.29, 1.82) is 0 Å². The van der Waals surface area contributed by atoms with Crippen LogP contribution in [0.3, 0.4) is 0 Å². The van der Waals surface area contributed by atoms with Crippen molar-refractivity contribution in [3.63, 3.8) is 0 Å². The second-order valence-electron chi connectivity index (χ2n) is 13.6. The minimum Gasteiger partial charge on any atom is -0.456 e. The summed E-state index contributed by atoms with van der Waals surface area (Å²) in [5.41, 5.74) is 13.5. The number of benzene rings is 8. The molecule has 2 aromatic heterocycles. The molecule has 0 saturated heterocycles. The van der Waals surface area contributed by atoms with Crippen molar-refractivity contribution < 1.29 is 4.42 Å². The van der Waals surface area contributed by atoms with Crippen LogP contribution in [0, 0.1) is 0 Å². The Hall–Kier alpha value is -7.43. The van der Waals surface area contributed by atoms with Crippen molar-refractivity contribution in [1.82, 2.24) is 15.0 Å². The van der Waals surface area contributed by atoms with E-state index in [0.717, 1.165) is 72.0 Å². The molecule has 55 heavy (non-hydrogen) atoms. The maximum Gasteiger partial charge on any atom is 0.164 e. The topological polar surface area (TPSA) is 51.8 Å². The van der Waals surface area contributed by atoms with E-state index >= 15 is 0 Å². The normalized spacial score (nSPS) is 11.3. The van der Waals surface area contributed by atoms with Crippen molar-refractivity contribution in [3.8, 4) is 78.7 Å². The van der Waals surface area contributed by atoms with E-state index in [2.05, 4.69) is 152 Å². The quantitative estimate of drug-likeness (QED) is 0.166. The van der Waals surface area contributed by atoms with E-state index in [9.17, 15) is 0 Å². The monoisotopic (exact) mass is 703 g/mol. The maximum atomic E-state index is 6.51. The second kappa shape index (κ2) is 13.8. The molecule has 10 aromatic rings. The molecule has 0 atom stereocenters. The van der Waals surface area contributed by atoms with E-state index in [0.29, 0.717) is 17.5 Å². The van der Waals surface area contributed by atoms with Crippen LogP contribution in [0.15, 0.2) is 205 Å². The molecule has 0 aliphatic rings. The van der Waals surface area contributed by atoms with E-state index in [-0.39, 0.29) is 0 Å². The highest BCUT2D eigenvalue weighted by atomic mass is 16.3. The molecular formula is C51H33N3O. The number of nitrogens with zero attached hydrogens (tertiary/aromatic N) is 3. The maximum absolute atomic E-state index is 6.51. The lowest BCUT2D eigenvalue weighted by Gasteiger charge is -2.12. The molecule has 0 unspecified atom stereocenters. The molecule has 0 N–H and O–H groups in total. The predicted octanol–water partition coefficient (Wildman–Crippen LogP) is 13.4. The Morgan fingerprint density at radius 1 is 0.273 bits per heavy atom. The molecule has 0 saturated carbocycles. The summed E-state index contributed by atoms with van der Waals surface area (Å²) in [6.45, 7) is 0. The third kappa shape index (κ3) is 6.26. The van der Waals surface area contributed by atoms with E-state index in [1.165, 1.54) is 11.1 Å². The number of hydrogen-bond acceptors (Lipinski definition) is 4. The van der Waals surface area contributed by atoms with Gasteiger partial charge in [0.25, 0.3) is 0 Å². The lowest BCUT2D eigenvalue weighted by atomic mass is 9.92. The van der Waals surface area contributed by atoms with Crippen LogP contribution in [0.4, 0.5) is 0 Å². The first kappa shape index (κ1) is 32.2. The fourth-order valence-corrected chi connectivity index (χ4v) is 7.37. The molecule has 10 rings (SSSR count). The van der Waals surface area contributed by atoms with Crippen molar-refractivity contribution in [2.75, 3.05) is 0 Å². The van der Waals surface area contributed by atoms with E-state index in [1.807, 2.05) is 48.5 Å². The second-order valence-corrected chi connectivity index (χ2v) is 13.6. The van der Waals surface area contributed by atoms with Crippen LogP contribution in [0.1, 0.15) is 0 Å². The minimum atomic E-state index is 0.590. The number of rotatable bonds is 7. The Morgan fingerprint density at radius 3 is 1.25 bits per heavy atom. The third-order valence-electron chi connectivity index (χ3n) is 10.1. The highest BCUT2D eigenvalue weighted by Crippen LogP contribution is 2.40. The Labute approximate surface area is 319 Å². The molecule has 0 fully saturated rings. The summed E-state index contributed by atoms with van der Waals surface area (Å²) in [6.07, 6.45) is 0. The van der Waals surface area contributed by atoms with Crippen LogP contribution >= 0.6 is 0 Å². The minimum absolute atomic E-state index is 0.590. The standard InChI is InChI=1S/C51H33N3O/c1-5-14-34(15-6-1)37-24-26-39(27-25-37)50-52-49(38-20-11-4-12-21-38)53-51(54-50)44-22-13-23-47-48(44)45-33-40(28-29-46(45)55-47)43-31-41(35-16-7-2-8-17-35)30-42(32-43)36-18-9-3-10-19-36/h1-33H. The molecule has 258 valence electrons. The lowest BCUT2D eigenvalue weighted by Crippen LogP contribution is -2.00. The van der Waals surface area contributed by atoms with Crippen LogP contribution in [-0.4, -0.2) is 15.0 Å². The Balaban J connectivity index is 1.14.